The summed E-state index contributed by atoms with van der Waals surface area (Å²) in [5.41, 5.74) is 0.551. The van der Waals surface area contributed by atoms with E-state index in [9.17, 15) is 13.2 Å². The van der Waals surface area contributed by atoms with Gasteiger partial charge in [0, 0.05) is 12.5 Å². The Hall–Kier alpha value is -1.76. The van der Waals surface area contributed by atoms with Crippen LogP contribution in [0.1, 0.15) is 19.3 Å². The van der Waals surface area contributed by atoms with E-state index in [2.05, 4.69) is 5.32 Å². The molecule has 1 saturated heterocycles. The van der Waals surface area contributed by atoms with Crippen molar-refractivity contribution in [1.82, 2.24) is 0 Å². The summed E-state index contributed by atoms with van der Waals surface area (Å²) in [4.78, 5) is 12.2. The summed E-state index contributed by atoms with van der Waals surface area (Å²) in [6.07, 6.45) is 1.41. The Morgan fingerprint density at radius 2 is 1.91 bits per heavy atom. The average molecular weight is 327 g/mol. The van der Waals surface area contributed by atoms with E-state index in [1.165, 1.54) is 7.11 Å². The number of hydrogen-bond acceptors (Lipinski definition) is 5. The second-order valence-corrected chi connectivity index (χ2v) is 7.72. The highest BCUT2D eigenvalue weighted by atomic mass is 32.2. The zero-order valence-corrected chi connectivity index (χ0v) is 13.6. The molecule has 1 aliphatic heterocycles. The summed E-state index contributed by atoms with van der Waals surface area (Å²) >= 11 is 0. The second kappa shape index (κ2) is 7.00. The zero-order chi connectivity index (χ0) is 16.2. The maximum Gasteiger partial charge on any atom is 0.224 e. The van der Waals surface area contributed by atoms with Crippen molar-refractivity contribution in [2.45, 2.75) is 19.3 Å². The summed E-state index contributed by atoms with van der Waals surface area (Å²) in [5.74, 6) is 1.50. The first-order valence-electron chi connectivity index (χ1n) is 7.16. The van der Waals surface area contributed by atoms with Crippen molar-refractivity contribution in [2.75, 3.05) is 31.0 Å². The molecule has 1 amide bonds. The third-order valence-corrected chi connectivity index (χ3v) is 5.54. The number of hydrogen-bond donors (Lipinski definition) is 1. The monoisotopic (exact) mass is 327 g/mol. The van der Waals surface area contributed by atoms with Gasteiger partial charge in [-0.15, -0.1) is 0 Å². The SMILES string of the molecule is COc1ccc(OC)c(NC(=O)CC2CCS(=O)(=O)CC2)c1. The summed E-state index contributed by atoms with van der Waals surface area (Å²) < 4.78 is 33.1. The van der Waals surface area contributed by atoms with Crippen molar-refractivity contribution in [1.29, 1.82) is 0 Å². The van der Waals surface area contributed by atoms with Crippen LogP contribution < -0.4 is 14.8 Å². The van der Waals surface area contributed by atoms with Crippen LogP contribution in [0.3, 0.4) is 0 Å². The normalized spacial score (nSPS) is 17.7. The number of rotatable bonds is 5. The highest BCUT2D eigenvalue weighted by Gasteiger charge is 2.25. The number of sulfone groups is 1. The van der Waals surface area contributed by atoms with Gasteiger partial charge in [-0.05, 0) is 30.9 Å². The van der Waals surface area contributed by atoms with Crippen molar-refractivity contribution in [2.24, 2.45) is 5.92 Å². The number of anilines is 1. The van der Waals surface area contributed by atoms with Crippen LogP contribution in [-0.2, 0) is 14.6 Å². The molecular weight excluding hydrogens is 306 g/mol. The Labute approximate surface area is 130 Å². The van der Waals surface area contributed by atoms with E-state index < -0.39 is 9.84 Å². The van der Waals surface area contributed by atoms with E-state index in [4.69, 9.17) is 9.47 Å². The van der Waals surface area contributed by atoms with E-state index in [-0.39, 0.29) is 23.3 Å². The summed E-state index contributed by atoms with van der Waals surface area (Å²) in [5, 5.41) is 2.81. The zero-order valence-electron chi connectivity index (χ0n) is 12.8. The Kier molecular flexibility index (Phi) is 5.28. The van der Waals surface area contributed by atoms with E-state index >= 15 is 0 Å². The van der Waals surface area contributed by atoms with Gasteiger partial charge in [0.05, 0.1) is 31.4 Å². The second-order valence-electron chi connectivity index (χ2n) is 5.41. The summed E-state index contributed by atoms with van der Waals surface area (Å²) in [6.45, 7) is 0. The fourth-order valence-corrected chi connectivity index (χ4v) is 4.11. The molecule has 1 aromatic rings. The van der Waals surface area contributed by atoms with Crippen molar-refractivity contribution in [3.05, 3.63) is 18.2 Å². The minimum absolute atomic E-state index is 0.111. The van der Waals surface area contributed by atoms with Crippen LogP contribution >= 0.6 is 0 Å². The molecule has 1 aliphatic rings. The first kappa shape index (κ1) is 16.6. The lowest BCUT2D eigenvalue weighted by Crippen LogP contribution is -2.26. The number of carbonyl (C=O) groups excluding carboxylic acids is 1. The van der Waals surface area contributed by atoms with Gasteiger partial charge in [-0.3, -0.25) is 4.79 Å². The fraction of sp³-hybridized carbons (Fsp3) is 0.533. The van der Waals surface area contributed by atoms with Gasteiger partial charge in [0.2, 0.25) is 5.91 Å². The number of carbonyl (C=O) groups is 1. The first-order chi connectivity index (χ1) is 10.4. The Morgan fingerprint density at radius 1 is 1.23 bits per heavy atom. The molecule has 0 aliphatic carbocycles. The van der Waals surface area contributed by atoms with Crippen LogP contribution in [0, 0.1) is 5.92 Å². The highest BCUT2D eigenvalue weighted by Crippen LogP contribution is 2.30. The molecule has 0 unspecified atom stereocenters. The molecule has 1 heterocycles. The van der Waals surface area contributed by atoms with Crippen molar-refractivity contribution in [3.8, 4) is 11.5 Å². The fourth-order valence-electron chi connectivity index (χ4n) is 2.52. The van der Waals surface area contributed by atoms with E-state index in [1.54, 1.807) is 25.3 Å². The topological polar surface area (TPSA) is 81.7 Å². The molecule has 0 saturated carbocycles. The van der Waals surface area contributed by atoms with Crippen molar-refractivity contribution >= 4 is 21.4 Å². The van der Waals surface area contributed by atoms with Gasteiger partial charge in [0.15, 0.2) is 0 Å². The molecular formula is C15H21NO5S. The predicted molar refractivity (Wildman–Crippen MR) is 84.2 cm³/mol. The minimum atomic E-state index is -2.90. The lowest BCUT2D eigenvalue weighted by Gasteiger charge is -2.21. The molecule has 1 N–H and O–H groups in total. The van der Waals surface area contributed by atoms with Crippen molar-refractivity contribution in [3.63, 3.8) is 0 Å². The predicted octanol–water partition coefficient (Wildman–Crippen LogP) is 1.86. The van der Waals surface area contributed by atoms with Gasteiger partial charge in [-0.25, -0.2) is 8.42 Å². The van der Waals surface area contributed by atoms with Crippen LogP contribution in [0.2, 0.25) is 0 Å². The molecule has 1 aromatic carbocycles. The average Bonchev–Trinajstić information content (AvgIpc) is 2.49. The minimum Gasteiger partial charge on any atom is -0.497 e. The van der Waals surface area contributed by atoms with Crippen LogP contribution in [-0.4, -0.2) is 40.1 Å². The maximum absolute atomic E-state index is 12.2. The molecule has 0 spiro atoms. The molecule has 122 valence electrons. The Bertz CT molecular complexity index is 627. The van der Waals surface area contributed by atoms with Gasteiger partial charge in [-0.2, -0.15) is 0 Å². The van der Waals surface area contributed by atoms with Crippen LogP contribution in [0.25, 0.3) is 0 Å². The van der Waals surface area contributed by atoms with Gasteiger partial charge in [-0.1, -0.05) is 0 Å². The van der Waals surface area contributed by atoms with E-state index in [0.29, 0.717) is 36.4 Å². The van der Waals surface area contributed by atoms with Crippen LogP contribution in [0.4, 0.5) is 5.69 Å². The summed E-state index contributed by atoms with van der Waals surface area (Å²) in [7, 11) is 0.184. The first-order valence-corrected chi connectivity index (χ1v) is 8.98. The van der Waals surface area contributed by atoms with Crippen LogP contribution in [0.5, 0.6) is 11.5 Å². The molecule has 0 radical (unpaired) electrons. The van der Waals surface area contributed by atoms with E-state index in [0.717, 1.165) is 0 Å². The van der Waals surface area contributed by atoms with Gasteiger partial charge in [0.25, 0.3) is 0 Å². The number of benzene rings is 1. The molecule has 0 atom stereocenters. The molecule has 2 rings (SSSR count). The summed E-state index contributed by atoms with van der Waals surface area (Å²) in [6, 6.07) is 5.17. The molecule has 0 bridgehead atoms. The molecule has 6 nitrogen and oxygen atoms in total. The third kappa shape index (κ3) is 4.37. The van der Waals surface area contributed by atoms with Gasteiger partial charge < -0.3 is 14.8 Å². The Balaban J connectivity index is 1.97. The van der Waals surface area contributed by atoms with Gasteiger partial charge in [0.1, 0.15) is 21.3 Å². The van der Waals surface area contributed by atoms with Gasteiger partial charge >= 0.3 is 0 Å². The molecule has 22 heavy (non-hydrogen) atoms. The van der Waals surface area contributed by atoms with Crippen molar-refractivity contribution < 1.29 is 22.7 Å². The lowest BCUT2D eigenvalue weighted by atomic mass is 9.98. The number of ether oxygens (including phenoxy) is 2. The quantitative estimate of drug-likeness (QED) is 0.892. The maximum atomic E-state index is 12.2. The Morgan fingerprint density at radius 3 is 2.50 bits per heavy atom. The molecule has 1 fully saturated rings. The number of amides is 1. The smallest absolute Gasteiger partial charge is 0.224 e. The van der Waals surface area contributed by atoms with E-state index in [1.807, 2.05) is 0 Å². The third-order valence-electron chi connectivity index (χ3n) is 3.83. The largest absolute Gasteiger partial charge is 0.497 e. The number of nitrogens with one attached hydrogen (secondary N) is 1. The standard InChI is InChI=1S/C15H21NO5S/c1-20-12-3-4-14(21-2)13(10-12)16-15(17)9-11-5-7-22(18,19)8-6-11/h3-4,10-11H,5-9H2,1-2H3,(H,16,17). The number of methoxy groups -OCH3 is 2. The molecule has 7 heteroatoms. The lowest BCUT2D eigenvalue weighted by molar-refractivity contribution is -0.117. The molecule has 0 aromatic heterocycles. The highest BCUT2D eigenvalue weighted by molar-refractivity contribution is 7.91. The van der Waals surface area contributed by atoms with Crippen LogP contribution in [0.15, 0.2) is 18.2 Å².